The third kappa shape index (κ3) is 2.11. The molecule has 1 fully saturated rings. The number of nitrogens with zero attached hydrogens (tertiary/aromatic N) is 2. The van der Waals surface area contributed by atoms with Crippen molar-refractivity contribution in [3.05, 3.63) is 12.3 Å². The van der Waals surface area contributed by atoms with Crippen LogP contribution >= 0.6 is 0 Å². The molecule has 1 aromatic heterocycles. The predicted molar refractivity (Wildman–Crippen MR) is 52.7 cm³/mol. The Morgan fingerprint density at radius 3 is 2.93 bits per heavy atom. The smallest absolute Gasteiger partial charge is 0.240 e. The van der Waals surface area contributed by atoms with Crippen molar-refractivity contribution in [2.24, 2.45) is 5.84 Å². The maximum Gasteiger partial charge on any atom is 0.240 e. The maximum atomic E-state index is 5.67. The van der Waals surface area contributed by atoms with Gasteiger partial charge in [0.15, 0.2) is 0 Å². The number of nitrogen functional groups attached to an aromatic ring is 1. The molecule has 5 heteroatoms. The van der Waals surface area contributed by atoms with Crippen LogP contribution in [0.4, 0.5) is 5.95 Å². The summed E-state index contributed by atoms with van der Waals surface area (Å²) < 4.78 is 5.67. The lowest BCUT2D eigenvalue weighted by Crippen LogP contribution is -2.14. The summed E-state index contributed by atoms with van der Waals surface area (Å²) in [6, 6.07) is 1.75. The SMILES string of the molecule is NNc1nccc(OC2CCCC2)n1. The molecule has 0 saturated heterocycles. The highest BCUT2D eigenvalue weighted by Gasteiger charge is 2.16. The van der Waals surface area contributed by atoms with Gasteiger partial charge < -0.3 is 4.74 Å². The highest BCUT2D eigenvalue weighted by molar-refractivity contribution is 5.25. The molecule has 0 spiro atoms. The van der Waals surface area contributed by atoms with Gasteiger partial charge in [-0.05, 0) is 25.7 Å². The first-order chi connectivity index (χ1) is 6.88. The first kappa shape index (κ1) is 9.21. The van der Waals surface area contributed by atoms with Crippen molar-refractivity contribution in [1.29, 1.82) is 0 Å². The van der Waals surface area contributed by atoms with Crippen LogP contribution in [0, 0.1) is 0 Å². The van der Waals surface area contributed by atoms with Gasteiger partial charge in [0.05, 0.1) is 0 Å². The van der Waals surface area contributed by atoms with Gasteiger partial charge in [0, 0.05) is 12.3 Å². The molecule has 14 heavy (non-hydrogen) atoms. The molecule has 1 heterocycles. The van der Waals surface area contributed by atoms with Crippen LogP contribution in [0.3, 0.4) is 0 Å². The third-order valence-electron chi connectivity index (χ3n) is 2.35. The summed E-state index contributed by atoms with van der Waals surface area (Å²) in [4.78, 5) is 7.99. The lowest BCUT2D eigenvalue weighted by atomic mass is 10.3. The molecule has 0 radical (unpaired) electrons. The summed E-state index contributed by atoms with van der Waals surface area (Å²) in [7, 11) is 0. The quantitative estimate of drug-likeness (QED) is 0.556. The van der Waals surface area contributed by atoms with E-state index >= 15 is 0 Å². The van der Waals surface area contributed by atoms with Gasteiger partial charge in [-0.15, -0.1) is 0 Å². The second kappa shape index (κ2) is 4.23. The van der Waals surface area contributed by atoms with Gasteiger partial charge in [-0.3, -0.25) is 5.43 Å². The molecule has 0 aliphatic heterocycles. The van der Waals surface area contributed by atoms with Crippen LogP contribution in [-0.4, -0.2) is 16.1 Å². The van der Waals surface area contributed by atoms with Crippen LogP contribution < -0.4 is 16.0 Å². The lowest BCUT2D eigenvalue weighted by Gasteiger charge is -2.11. The Morgan fingerprint density at radius 1 is 1.43 bits per heavy atom. The van der Waals surface area contributed by atoms with Crippen molar-refractivity contribution in [3.63, 3.8) is 0 Å². The molecular formula is C9H14N4O. The second-order valence-corrected chi connectivity index (χ2v) is 3.39. The van der Waals surface area contributed by atoms with E-state index in [1.807, 2.05) is 0 Å². The third-order valence-corrected chi connectivity index (χ3v) is 2.35. The molecule has 5 nitrogen and oxygen atoms in total. The summed E-state index contributed by atoms with van der Waals surface area (Å²) in [6.45, 7) is 0. The van der Waals surface area contributed by atoms with Crippen molar-refractivity contribution in [1.82, 2.24) is 9.97 Å². The number of anilines is 1. The average Bonchev–Trinajstić information content (AvgIpc) is 2.71. The highest BCUT2D eigenvalue weighted by Crippen LogP contribution is 2.22. The van der Waals surface area contributed by atoms with Crippen molar-refractivity contribution < 1.29 is 4.74 Å². The van der Waals surface area contributed by atoms with Crippen LogP contribution in [0.15, 0.2) is 12.3 Å². The molecule has 0 bridgehead atoms. The average molecular weight is 194 g/mol. The van der Waals surface area contributed by atoms with Gasteiger partial charge in [0.2, 0.25) is 11.8 Å². The van der Waals surface area contributed by atoms with Crippen LogP contribution in [-0.2, 0) is 0 Å². The standard InChI is InChI=1S/C9H14N4O/c10-13-9-11-6-5-8(12-9)14-7-3-1-2-4-7/h5-7H,1-4,10H2,(H,11,12,13). The van der Waals surface area contributed by atoms with Gasteiger partial charge >= 0.3 is 0 Å². The van der Waals surface area contributed by atoms with E-state index in [1.165, 1.54) is 12.8 Å². The number of ether oxygens (including phenoxy) is 1. The number of hydrazine groups is 1. The topological polar surface area (TPSA) is 73.1 Å². The van der Waals surface area contributed by atoms with Gasteiger partial charge in [0.25, 0.3) is 0 Å². The van der Waals surface area contributed by atoms with E-state index in [0.29, 0.717) is 17.9 Å². The maximum absolute atomic E-state index is 5.67. The zero-order chi connectivity index (χ0) is 9.80. The number of rotatable bonds is 3. The fourth-order valence-electron chi connectivity index (χ4n) is 1.65. The van der Waals surface area contributed by atoms with E-state index in [4.69, 9.17) is 10.6 Å². The van der Waals surface area contributed by atoms with Crippen LogP contribution in [0.25, 0.3) is 0 Å². The lowest BCUT2D eigenvalue weighted by molar-refractivity contribution is 0.201. The molecule has 76 valence electrons. The zero-order valence-electron chi connectivity index (χ0n) is 7.94. The molecule has 1 aliphatic rings. The Hall–Kier alpha value is -1.36. The molecule has 1 aliphatic carbocycles. The Bertz CT molecular complexity index is 299. The summed E-state index contributed by atoms with van der Waals surface area (Å²) in [5, 5.41) is 0. The number of aromatic nitrogens is 2. The Labute approximate surface area is 82.7 Å². The molecule has 0 unspecified atom stereocenters. The number of hydrogen-bond donors (Lipinski definition) is 2. The normalized spacial score (nSPS) is 16.9. The van der Waals surface area contributed by atoms with Gasteiger partial charge in [0.1, 0.15) is 6.10 Å². The Morgan fingerprint density at radius 2 is 2.21 bits per heavy atom. The second-order valence-electron chi connectivity index (χ2n) is 3.39. The molecule has 1 aromatic rings. The summed E-state index contributed by atoms with van der Waals surface area (Å²) >= 11 is 0. The molecule has 1 saturated carbocycles. The van der Waals surface area contributed by atoms with E-state index in [-0.39, 0.29) is 0 Å². The first-order valence-electron chi connectivity index (χ1n) is 4.85. The summed E-state index contributed by atoms with van der Waals surface area (Å²) in [5.41, 5.74) is 2.39. The van der Waals surface area contributed by atoms with Gasteiger partial charge in [-0.25, -0.2) is 10.8 Å². The predicted octanol–water partition coefficient (Wildman–Crippen LogP) is 1.08. The monoisotopic (exact) mass is 194 g/mol. The van der Waals surface area contributed by atoms with E-state index < -0.39 is 0 Å². The van der Waals surface area contributed by atoms with E-state index in [2.05, 4.69) is 15.4 Å². The van der Waals surface area contributed by atoms with E-state index in [9.17, 15) is 0 Å². The molecule has 0 aromatic carbocycles. The minimum atomic E-state index is 0.315. The molecular weight excluding hydrogens is 180 g/mol. The van der Waals surface area contributed by atoms with Crippen LogP contribution in [0.2, 0.25) is 0 Å². The van der Waals surface area contributed by atoms with Crippen molar-refractivity contribution in [2.75, 3.05) is 5.43 Å². The number of nitrogens with two attached hydrogens (primary N) is 1. The van der Waals surface area contributed by atoms with Gasteiger partial charge in [-0.2, -0.15) is 4.98 Å². The fourth-order valence-corrected chi connectivity index (χ4v) is 1.65. The van der Waals surface area contributed by atoms with Crippen LogP contribution in [0.1, 0.15) is 25.7 Å². The molecule has 0 atom stereocenters. The largest absolute Gasteiger partial charge is 0.474 e. The number of nitrogens with one attached hydrogen (secondary N) is 1. The minimum Gasteiger partial charge on any atom is -0.474 e. The van der Waals surface area contributed by atoms with Crippen molar-refractivity contribution in [2.45, 2.75) is 31.8 Å². The fraction of sp³-hybridized carbons (Fsp3) is 0.556. The van der Waals surface area contributed by atoms with E-state index in [1.54, 1.807) is 12.3 Å². The van der Waals surface area contributed by atoms with Crippen molar-refractivity contribution >= 4 is 5.95 Å². The Balaban J connectivity index is 2.00. The Kier molecular flexibility index (Phi) is 2.78. The first-order valence-corrected chi connectivity index (χ1v) is 4.85. The summed E-state index contributed by atoms with van der Waals surface area (Å²) in [5.74, 6) is 6.18. The van der Waals surface area contributed by atoms with Gasteiger partial charge in [-0.1, -0.05) is 0 Å². The van der Waals surface area contributed by atoms with E-state index in [0.717, 1.165) is 12.8 Å². The zero-order valence-corrected chi connectivity index (χ0v) is 7.94. The molecule has 3 N–H and O–H groups in total. The number of hydrogen-bond acceptors (Lipinski definition) is 5. The minimum absolute atomic E-state index is 0.315. The highest BCUT2D eigenvalue weighted by atomic mass is 16.5. The summed E-state index contributed by atoms with van der Waals surface area (Å²) in [6.07, 6.45) is 6.68. The molecule has 2 rings (SSSR count). The van der Waals surface area contributed by atoms with Crippen molar-refractivity contribution in [3.8, 4) is 5.88 Å². The molecule has 0 amide bonds. The van der Waals surface area contributed by atoms with Crippen LogP contribution in [0.5, 0.6) is 5.88 Å².